The number of furan rings is 1. The Kier molecular flexibility index (Phi) is 6.33. The van der Waals surface area contributed by atoms with E-state index in [0.29, 0.717) is 0 Å². The number of hydrogen-bond donors (Lipinski definition) is 0. The van der Waals surface area contributed by atoms with Gasteiger partial charge in [-0.1, -0.05) is 131 Å². The maximum absolute atomic E-state index is 6.58. The minimum absolute atomic E-state index is 0.0399. The molecule has 0 amide bonds. The molecule has 9 aromatic rings. The van der Waals surface area contributed by atoms with Crippen LogP contribution in [0, 0.1) is 0 Å². The molecule has 7 aromatic carbocycles. The molecule has 0 aliphatic heterocycles. The van der Waals surface area contributed by atoms with E-state index in [1.165, 1.54) is 105 Å². The highest BCUT2D eigenvalue weighted by molar-refractivity contribution is 6.14. The van der Waals surface area contributed by atoms with Crippen LogP contribution in [0.3, 0.4) is 0 Å². The first kappa shape index (κ1) is 31.9. The number of fused-ring (bicyclic) bond motifs is 13. The van der Waals surface area contributed by atoms with Crippen molar-refractivity contribution in [2.45, 2.75) is 51.4 Å². The number of allylic oxidation sites excluding steroid dienone is 4. The molecule has 12 rings (SSSR count). The van der Waals surface area contributed by atoms with Gasteiger partial charge in [0.15, 0.2) is 0 Å². The van der Waals surface area contributed by atoms with Crippen LogP contribution >= 0.6 is 0 Å². The van der Waals surface area contributed by atoms with E-state index < -0.39 is 0 Å². The van der Waals surface area contributed by atoms with Crippen LogP contribution in [0.4, 0.5) is 0 Å². The molecule has 0 saturated carbocycles. The molecule has 2 aromatic heterocycles. The van der Waals surface area contributed by atoms with E-state index >= 15 is 0 Å². The summed E-state index contributed by atoms with van der Waals surface area (Å²) in [5, 5.41) is 4.94. The van der Waals surface area contributed by atoms with Gasteiger partial charge in [-0.15, -0.1) is 0 Å². The maximum atomic E-state index is 6.58. The lowest BCUT2D eigenvalue weighted by Crippen LogP contribution is -2.14. The number of hydrogen-bond acceptors (Lipinski definition) is 1. The van der Waals surface area contributed by atoms with Gasteiger partial charge in [0.1, 0.15) is 11.2 Å². The molecule has 3 aliphatic rings. The zero-order chi connectivity index (χ0) is 37.5. The SMILES string of the molecule is CC1(C)c2ccccc2-c2ccc(-c3ccc4c(c3)c3cc(-c5ccc6c(c5)C(C)(C)c5ccc7c(oc8ccccc87)c5-6)ccc3n4C3=CC=CCC3)cc21. The van der Waals surface area contributed by atoms with Crippen molar-refractivity contribution in [3.8, 4) is 44.5 Å². The second-order valence-corrected chi connectivity index (χ2v) is 17.2. The largest absolute Gasteiger partial charge is 0.455 e. The third-order valence-electron chi connectivity index (χ3n) is 13.5. The lowest BCUT2D eigenvalue weighted by Gasteiger charge is -2.22. The first-order valence-corrected chi connectivity index (χ1v) is 20.1. The minimum atomic E-state index is -0.157. The molecule has 56 heavy (non-hydrogen) atoms. The lowest BCUT2D eigenvalue weighted by atomic mass is 9.81. The van der Waals surface area contributed by atoms with Crippen LogP contribution in [0.2, 0.25) is 0 Å². The van der Waals surface area contributed by atoms with Crippen LogP contribution in [-0.2, 0) is 10.8 Å². The summed E-state index contributed by atoms with van der Waals surface area (Å²) in [7, 11) is 0. The fourth-order valence-electron chi connectivity index (χ4n) is 10.5. The number of aromatic nitrogens is 1. The average molecular weight is 720 g/mol. The van der Waals surface area contributed by atoms with Gasteiger partial charge in [0.2, 0.25) is 0 Å². The van der Waals surface area contributed by atoms with Crippen molar-refractivity contribution in [3.63, 3.8) is 0 Å². The molecular weight excluding hydrogens is 679 g/mol. The number of rotatable bonds is 3. The summed E-state index contributed by atoms with van der Waals surface area (Å²) in [6, 6.07) is 50.3. The van der Waals surface area contributed by atoms with E-state index in [4.69, 9.17) is 4.42 Å². The van der Waals surface area contributed by atoms with Crippen LogP contribution < -0.4 is 0 Å². The van der Waals surface area contributed by atoms with Crippen molar-refractivity contribution < 1.29 is 4.42 Å². The lowest BCUT2D eigenvalue weighted by molar-refractivity contribution is 0.653. The Labute approximate surface area is 327 Å². The monoisotopic (exact) mass is 719 g/mol. The molecule has 0 radical (unpaired) electrons. The molecule has 2 heteroatoms. The summed E-state index contributed by atoms with van der Waals surface area (Å²) in [6.45, 7) is 9.45. The zero-order valence-corrected chi connectivity index (χ0v) is 32.2. The third kappa shape index (κ3) is 4.22. The summed E-state index contributed by atoms with van der Waals surface area (Å²) in [6.07, 6.45) is 8.87. The quantitative estimate of drug-likeness (QED) is 0.178. The van der Waals surface area contributed by atoms with Gasteiger partial charge >= 0.3 is 0 Å². The van der Waals surface area contributed by atoms with E-state index in [0.717, 1.165) is 24.0 Å². The minimum Gasteiger partial charge on any atom is -0.455 e. The van der Waals surface area contributed by atoms with Gasteiger partial charge < -0.3 is 8.98 Å². The summed E-state index contributed by atoms with van der Waals surface area (Å²) in [5.41, 5.74) is 21.3. The van der Waals surface area contributed by atoms with Crippen molar-refractivity contribution in [2.24, 2.45) is 0 Å². The topological polar surface area (TPSA) is 18.1 Å². The molecule has 0 fully saturated rings. The molecule has 0 saturated heterocycles. The first-order valence-electron chi connectivity index (χ1n) is 20.1. The van der Waals surface area contributed by atoms with Gasteiger partial charge in [-0.3, -0.25) is 0 Å². The van der Waals surface area contributed by atoms with Crippen LogP contribution in [0.1, 0.15) is 62.8 Å². The van der Waals surface area contributed by atoms with Crippen LogP contribution in [0.25, 0.3) is 93.9 Å². The normalized spacial score (nSPS) is 16.0. The van der Waals surface area contributed by atoms with E-state index in [2.05, 4.69) is 184 Å². The van der Waals surface area contributed by atoms with E-state index in [1.54, 1.807) is 0 Å². The Morgan fingerprint density at radius 3 is 1.84 bits per heavy atom. The van der Waals surface area contributed by atoms with Crippen molar-refractivity contribution >= 4 is 49.4 Å². The second-order valence-electron chi connectivity index (χ2n) is 17.2. The Balaban J connectivity index is 1.02. The molecule has 0 spiro atoms. The summed E-state index contributed by atoms with van der Waals surface area (Å²) >= 11 is 0. The number of para-hydroxylation sites is 1. The fourth-order valence-corrected chi connectivity index (χ4v) is 10.5. The highest BCUT2D eigenvalue weighted by atomic mass is 16.3. The van der Waals surface area contributed by atoms with Gasteiger partial charge in [0.05, 0.1) is 11.0 Å². The number of nitrogens with zero attached hydrogens (tertiary/aromatic N) is 1. The fraction of sp³-hybridized carbons (Fsp3) is 0.148. The molecule has 0 unspecified atom stereocenters. The Hall–Kier alpha value is -6.38. The van der Waals surface area contributed by atoms with Gasteiger partial charge in [-0.2, -0.15) is 0 Å². The van der Waals surface area contributed by atoms with E-state index in [-0.39, 0.29) is 10.8 Å². The zero-order valence-electron chi connectivity index (χ0n) is 32.2. The van der Waals surface area contributed by atoms with Crippen molar-refractivity contribution in [1.82, 2.24) is 4.57 Å². The predicted octanol–water partition coefficient (Wildman–Crippen LogP) is 14.8. The van der Waals surface area contributed by atoms with Crippen molar-refractivity contribution in [1.29, 1.82) is 0 Å². The Morgan fingerprint density at radius 1 is 0.500 bits per heavy atom. The third-order valence-corrected chi connectivity index (χ3v) is 13.5. The van der Waals surface area contributed by atoms with Crippen molar-refractivity contribution in [2.75, 3.05) is 0 Å². The van der Waals surface area contributed by atoms with Crippen LogP contribution in [-0.4, -0.2) is 4.57 Å². The Morgan fingerprint density at radius 2 is 1.11 bits per heavy atom. The average Bonchev–Trinajstić information content (AvgIpc) is 3.91. The second kappa shape index (κ2) is 11.1. The smallest absolute Gasteiger partial charge is 0.143 e. The number of benzene rings is 7. The molecular formula is C54H41NO. The molecule has 3 aliphatic carbocycles. The summed E-state index contributed by atoms with van der Waals surface area (Å²) < 4.78 is 9.08. The van der Waals surface area contributed by atoms with Crippen LogP contribution in [0.15, 0.2) is 156 Å². The molecule has 2 heterocycles. The van der Waals surface area contributed by atoms with Crippen molar-refractivity contribution in [3.05, 3.63) is 174 Å². The van der Waals surface area contributed by atoms with E-state index in [9.17, 15) is 0 Å². The summed E-state index contributed by atoms with van der Waals surface area (Å²) in [5.74, 6) is 0. The molecule has 0 N–H and O–H groups in total. The molecule has 0 bridgehead atoms. The molecule has 2 nitrogen and oxygen atoms in total. The molecule has 0 atom stereocenters. The highest BCUT2D eigenvalue weighted by Gasteiger charge is 2.38. The Bertz CT molecular complexity index is 3250. The standard InChI is InChI=1S/C54H41NO/c1-53(2)44-16-10-8-14-37(44)38-22-18-34(30-46(38)53)32-20-26-48-42(28-32)43-29-33(21-27-49(43)55(48)36-12-6-5-7-13-36)35-19-23-41-47(31-35)54(3,4)45-25-24-40-39-15-9-11-17-50(39)56-52(40)51(41)45/h5-6,8-12,14-31H,7,13H2,1-4H3. The van der Waals surface area contributed by atoms with Gasteiger partial charge in [0, 0.05) is 43.6 Å². The molecule has 268 valence electrons. The summed E-state index contributed by atoms with van der Waals surface area (Å²) in [4.78, 5) is 0. The first-order chi connectivity index (χ1) is 27.3. The highest BCUT2D eigenvalue weighted by Crippen LogP contribution is 2.54. The van der Waals surface area contributed by atoms with Gasteiger partial charge in [-0.25, -0.2) is 0 Å². The van der Waals surface area contributed by atoms with Gasteiger partial charge in [0.25, 0.3) is 0 Å². The predicted molar refractivity (Wildman–Crippen MR) is 235 cm³/mol. The van der Waals surface area contributed by atoms with Crippen LogP contribution in [0.5, 0.6) is 0 Å². The maximum Gasteiger partial charge on any atom is 0.143 e. The van der Waals surface area contributed by atoms with Gasteiger partial charge in [-0.05, 0) is 123 Å². The van der Waals surface area contributed by atoms with E-state index in [1.807, 2.05) is 0 Å².